The summed E-state index contributed by atoms with van der Waals surface area (Å²) in [5, 5.41) is 8.42. The molecule has 0 radical (unpaired) electrons. The average Bonchev–Trinajstić information content (AvgIpc) is 2.03. The van der Waals surface area contributed by atoms with Crippen molar-refractivity contribution in [2.75, 3.05) is 24.7 Å². The van der Waals surface area contributed by atoms with Crippen LogP contribution in [0.3, 0.4) is 0 Å². The number of carboxylic acid groups (broad SMARTS) is 1. The highest BCUT2D eigenvalue weighted by Gasteiger charge is 2.09. The van der Waals surface area contributed by atoms with E-state index in [-0.39, 0.29) is 0 Å². The molecule has 0 amide bonds. The van der Waals surface area contributed by atoms with Crippen molar-refractivity contribution in [1.29, 1.82) is 0 Å². The number of aliphatic carboxylic acids is 1. The van der Waals surface area contributed by atoms with Crippen molar-refractivity contribution in [2.45, 2.75) is 13.0 Å². The molecule has 0 rings (SSSR count). The van der Waals surface area contributed by atoms with Crippen LogP contribution in [0.1, 0.15) is 6.92 Å². The maximum atomic E-state index is 10.2. The summed E-state index contributed by atoms with van der Waals surface area (Å²) in [4.78, 5) is 10.2. The van der Waals surface area contributed by atoms with Gasteiger partial charge in [0.1, 0.15) is 6.04 Å². The Hall–Kier alpha value is -0.260. The third-order valence-corrected chi connectivity index (χ3v) is 2.24. The molecule has 0 aromatic rings. The van der Waals surface area contributed by atoms with Crippen LogP contribution in [0.25, 0.3) is 0 Å². The lowest BCUT2D eigenvalue weighted by Gasteiger charge is -2.05. The van der Waals surface area contributed by atoms with Crippen molar-refractivity contribution in [2.24, 2.45) is 5.73 Å². The second-order valence-electron chi connectivity index (χ2n) is 2.22. The van der Waals surface area contributed by atoms with Gasteiger partial charge in [-0.05, 0) is 6.92 Å². The first kappa shape index (κ1) is 11.7. The Kier molecular flexibility index (Phi) is 7.23. The van der Waals surface area contributed by atoms with E-state index in [1.165, 1.54) is 11.8 Å². The summed E-state index contributed by atoms with van der Waals surface area (Å²) in [6, 6.07) is -0.753. The summed E-state index contributed by atoms with van der Waals surface area (Å²) in [7, 11) is 0. The molecular formula is C7H15NO3S. The molecular weight excluding hydrogens is 178 g/mol. The summed E-state index contributed by atoms with van der Waals surface area (Å²) in [6.45, 7) is 3.28. The van der Waals surface area contributed by atoms with Crippen LogP contribution in [0.2, 0.25) is 0 Å². The standard InChI is InChI=1S/C7H15NO3S/c1-2-11-3-4-12-5-6(8)7(9)10/h6H,2-5,8H2,1H3,(H,9,10). The number of hydrogen-bond donors (Lipinski definition) is 2. The third-order valence-electron chi connectivity index (χ3n) is 1.19. The van der Waals surface area contributed by atoms with Crippen LogP contribution in [0.15, 0.2) is 0 Å². The fraction of sp³-hybridized carbons (Fsp3) is 0.857. The smallest absolute Gasteiger partial charge is 0.321 e. The van der Waals surface area contributed by atoms with E-state index in [0.29, 0.717) is 19.0 Å². The van der Waals surface area contributed by atoms with E-state index in [1.54, 1.807) is 0 Å². The molecule has 0 aliphatic heterocycles. The van der Waals surface area contributed by atoms with Gasteiger partial charge >= 0.3 is 5.97 Å². The Bertz CT molecular complexity index is 132. The van der Waals surface area contributed by atoms with Gasteiger partial charge < -0.3 is 15.6 Å². The van der Waals surface area contributed by atoms with Crippen LogP contribution in [0, 0.1) is 0 Å². The Labute approximate surface area is 76.5 Å². The van der Waals surface area contributed by atoms with E-state index in [2.05, 4.69) is 0 Å². The lowest BCUT2D eigenvalue weighted by Crippen LogP contribution is -2.32. The first-order valence-electron chi connectivity index (χ1n) is 3.82. The van der Waals surface area contributed by atoms with Crippen LogP contribution in [0.4, 0.5) is 0 Å². The SMILES string of the molecule is CCOCCSCC(N)C(=O)O. The predicted molar refractivity (Wildman–Crippen MR) is 49.4 cm³/mol. The number of nitrogens with two attached hydrogens (primary N) is 1. The number of hydrogen-bond acceptors (Lipinski definition) is 4. The van der Waals surface area contributed by atoms with E-state index in [9.17, 15) is 4.79 Å². The van der Waals surface area contributed by atoms with E-state index in [1.807, 2.05) is 6.92 Å². The molecule has 0 bridgehead atoms. The molecule has 0 aromatic carbocycles. The highest BCUT2D eigenvalue weighted by atomic mass is 32.2. The summed E-state index contributed by atoms with van der Waals surface area (Å²) in [5.41, 5.74) is 5.27. The lowest BCUT2D eigenvalue weighted by molar-refractivity contribution is -0.137. The van der Waals surface area contributed by atoms with Gasteiger partial charge in [0.25, 0.3) is 0 Å². The van der Waals surface area contributed by atoms with Gasteiger partial charge in [-0.2, -0.15) is 11.8 Å². The Balaban J connectivity index is 3.14. The highest BCUT2D eigenvalue weighted by Crippen LogP contribution is 2.01. The summed E-state index contributed by atoms with van der Waals surface area (Å²) < 4.78 is 5.07. The Morgan fingerprint density at radius 3 is 2.92 bits per heavy atom. The molecule has 12 heavy (non-hydrogen) atoms. The van der Waals surface area contributed by atoms with Crippen molar-refractivity contribution in [3.05, 3.63) is 0 Å². The quantitative estimate of drug-likeness (QED) is 0.564. The first-order valence-corrected chi connectivity index (χ1v) is 4.97. The van der Waals surface area contributed by atoms with E-state index < -0.39 is 12.0 Å². The van der Waals surface area contributed by atoms with Gasteiger partial charge in [-0.1, -0.05) is 0 Å². The van der Waals surface area contributed by atoms with Crippen molar-refractivity contribution in [3.63, 3.8) is 0 Å². The summed E-state index contributed by atoms with van der Waals surface area (Å²) in [5.74, 6) is 0.302. The minimum atomic E-state index is -0.945. The van der Waals surface area contributed by atoms with Crippen LogP contribution in [-0.2, 0) is 9.53 Å². The zero-order chi connectivity index (χ0) is 9.40. The third kappa shape index (κ3) is 6.45. The topological polar surface area (TPSA) is 72.5 Å². The minimum absolute atomic E-state index is 0.447. The second kappa shape index (κ2) is 7.39. The zero-order valence-electron chi connectivity index (χ0n) is 7.16. The average molecular weight is 193 g/mol. The van der Waals surface area contributed by atoms with Gasteiger partial charge in [0.15, 0.2) is 0 Å². The first-order chi connectivity index (χ1) is 5.68. The number of ether oxygens (including phenoxy) is 1. The van der Waals surface area contributed by atoms with Crippen LogP contribution in [0.5, 0.6) is 0 Å². The van der Waals surface area contributed by atoms with Crippen molar-refractivity contribution in [1.82, 2.24) is 0 Å². The maximum Gasteiger partial charge on any atom is 0.321 e. The zero-order valence-corrected chi connectivity index (χ0v) is 7.97. The van der Waals surface area contributed by atoms with Gasteiger partial charge in [0.2, 0.25) is 0 Å². The van der Waals surface area contributed by atoms with Crippen LogP contribution in [-0.4, -0.2) is 41.8 Å². The molecule has 0 heterocycles. The van der Waals surface area contributed by atoms with E-state index in [4.69, 9.17) is 15.6 Å². The number of carbonyl (C=O) groups is 1. The van der Waals surface area contributed by atoms with Crippen molar-refractivity contribution >= 4 is 17.7 Å². The molecule has 0 spiro atoms. The Morgan fingerprint density at radius 2 is 2.42 bits per heavy atom. The van der Waals surface area contributed by atoms with Crippen molar-refractivity contribution < 1.29 is 14.6 Å². The molecule has 1 unspecified atom stereocenters. The number of thioether (sulfide) groups is 1. The molecule has 0 aromatic heterocycles. The monoisotopic (exact) mass is 193 g/mol. The lowest BCUT2D eigenvalue weighted by atomic mass is 10.4. The second-order valence-corrected chi connectivity index (χ2v) is 3.37. The molecule has 0 saturated heterocycles. The maximum absolute atomic E-state index is 10.2. The van der Waals surface area contributed by atoms with E-state index in [0.717, 1.165) is 5.75 Å². The number of carboxylic acids is 1. The van der Waals surface area contributed by atoms with Gasteiger partial charge in [-0.15, -0.1) is 0 Å². The van der Waals surface area contributed by atoms with Gasteiger partial charge in [0.05, 0.1) is 6.61 Å². The predicted octanol–water partition coefficient (Wildman–Crippen LogP) is 0.168. The van der Waals surface area contributed by atoms with Gasteiger partial charge in [0, 0.05) is 18.1 Å². The normalized spacial score (nSPS) is 12.8. The molecule has 0 aliphatic rings. The molecule has 0 aliphatic carbocycles. The molecule has 72 valence electrons. The molecule has 3 N–H and O–H groups in total. The van der Waals surface area contributed by atoms with Crippen LogP contribution < -0.4 is 5.73 Å². The molecule has 0 saturated carbocycles. The molecule has 0 fully saturated rings. The highest BCUT2D eigenvalue weighted by molar-refractivity contribution is 7.99. The number of rotatable bonds is 7. The van der Waals surface area contributed by atoms with E-state index >= 15 is 0 Å². The van der Waals surface area contributed by atoms with Crippen molar-refractivity contribution in [3.8, 4) is 0 Å². The summed E-state index contributed by atoms with van der Waals surface area (Å²) >= 11 is 1.50. The fourth-order valence-corrected chi connectivity index (χ4v) is 1.34. The summed E-state index contributed by atoms with van der Waals surface area (Å²) in [6.07, 6.45) is 0. The fourth-order valence-electron chi connectivity index (χ4n) is 0.544. The molecule has 5 heteroatoms. The van der Waals surface area contributed by atoms with Gasteiger partial charge in [-0.25, -0.2) is 0 Å². The minimum Gasteiger partial charge on any atom is -0.480 e. The Morgan fingerprint density at radius 1 is 1.75 bits per heavy atom. The molecule has 1 atom stereocenters. The van der Waals surface area contributed by atoms with Crippen LogP contribution >= 0.6 is 11.8 Å². The van der Waals surface area contributed by atoms with Gasteiger partial charge in [-0.3, -0.25) is 4.79 Å². The molecule has 4 nitrogen and oxygen atoms in total. The largest absolute Gasteiger partial charge is 0.480 e.